The van der Waals surface area contributed by atoms with Crippen molar-refractivity contribution in [2.75, 3.05) is 39.6 Å². The summed E-state index contributed by atoms with van der Waals surface area (Å²) in [5.74, 6) is -1.59. The molecule has 119 heavy (non-hydrogen) atoms. The third-order valence-electron chi connectivity index (χ3n) is 19.6. The maximum atomic E-state index is 13.1. The van der Waals surface area contributed by atoms with Crippen LogP contribution in [0.4, 0.5) is 0 Å². The first-order valence-corrected chi connectivity index (χ1v) is 50.1. The normalized spacial score (nSPS) is 14.6. The predicted octanol–water partition coefficient (Wildman–Crippen LogP) is 29.2. The van der Waals surface area contributed by atoms with Crippen molar-refractivity contribution < 1.29 is 75.8 Å². The first kappa shape index (κ1) is 114. The van der Waals surface area contributed by atoms with Crippen molar-refractivity contribution in [1.82, 2.24) is 0 Å². The van der Waals surface area contributed by atoms with Crippen LogP contribution in [0, 0.1) is 0 Å². The van der Waals surface area contributed by atoms with E-state index in [9.17, 15) is 43.5 Å². The SMILES string of the molecule is CC/C=C\C/C=C\C/C=C\C/C=C\C/C=C\C/C=C\CCCCCCCCC(=O)OC(COC(=O)CCCCCCCCCCCCC/C=C\C/C=C\C/C=C\C/C=C\CCCCC)COP(=O)(O)OCC(O)COP(=O)(O)OCC(O)COC(=O)CCCCCCCCCCCCCCCCC/C=C\C/C=C\C/C=C\C/C=C\C/C=C\CC. The van der Waals surface area contributed by atoms with E-state index in [1.165, 1.54) is 141 Å². The van der Waals surface area contributed by atoms with Gasteiger partial charge in [-0.25, -0.2) is 9.13 Å². The number of carbonyl (C=O) groups is 3. The molecule has 0 bridgehead atoms. The molecular formula is C101H170O16P2. The van der Waals surface area contributed by atoms with Gasteiger partial charge in [-0.05, 0) is 161 Å². The number of allylic oxidation sites excluding steroid dienone is 30. The van der Waals surface area contributed by atoms with Crippen LogP contribution in [0.25, 0.3) is 0 Å². The summed E-state index contributed by atoms with van der Waals surface area (Å²) in [5, 5.41) is 20.8. The van der Waals surface area contributed by atoms with Crippen LogP contribution in [0.2, 0.25) is 0 Å². The highest BCUT2D eigenvalue weighted by Gasteiger charge is 2.29. The van der Waals surface area contributed by atoms with Crippen molar-refractivity contribution in [1.29, 1.82) is 0 Å². The molecule has 0 rings (SSSR count). The number of aliphatic hydroxyl groups excluding tert-OH is 2. The molecule has 0 aliphatic heterocycles. The highest BCUT2D eigenvalue weighted by molar-refractivity contribution is 7.47. The third kappa shape index (κ3) is 93.2. The first-order valence-electron chi connectivity index (χ1n) is 47.1. The van der Waals surface area contributed by atoms with Gasteiger partial charge in [0, 0.05) is 19.3 Å². The van der Waals surface area contributed by atoms with Gasteiger partial charge in [0.15, 0.2) is 6.10 Å². The predicted molar refractivity (Wildman–Crippen MR) is 500 cm³/mol. The Bertz CT molecular complexity index is 2890. The van der Waals surface area contributed by atoms with Crippen LogP contribution >= 0.6 is 15.6 Å². The Labute approximate surface area is 725 Å². The fourth-order valence-corrected chi connectivity index (χ4v) is 14.1. The molecule has 0 spiro atoms. The Hall–Kier alpha value is -5.35. The Morgan fingerprint density at radius 1 is 0.244 bits per heavy atom. The Balaban J connectivity index is 4.65. The Morgan fingerprint density at radius 3 is 0.706 bits per heavy atom. The molecule has 5 unspecified atom stereocenters. The van der Waals surface area contributed by atoms with Crippen molar-refractivity contribution in [2.45, 2.75) is 399 Å². The molecule has 0 aromatic heterocycles. The quantitative estimate of drug-likeness (QED) is 0.0146. The van der Waals surface area contributed by atoms with Gasteiger partial charge >= 0.3 is 33.6 Å². The number of hydrogen-bond acceptors (Lipinski definition) is 14. The summed E-state index contributed by atoms with van der Waals surface area (Å²) in [4.78, 5) is 59.1. The van der Waals surface area contributed by atoms with E-state index in [4.69, 9.17) is 32.3 Å². The zero-order chi connectivity index (χ0) is 86.5. The highest BCUT2D eigenvalue weighted by atomic mass is 31.2. The molecule has 0 aromatic carbocycles. The summed E-state index contributed by atoms with van der Waals surface area (Å²) >= 11 is 0. The summed E-state index contributed by atoms with van der Waals surface area (Å²) in [5.41, 5.74) is 0. The van der Waals surface area contributed by atoms with E-state index in [0.717, 1.165) is 180 Å². The summed E-state index contributed by atoms with van der Waals surface area (Å²) in [6.45, 7) is 2.45. The fraction of sp³-hybridized carbons (Fsp3) is 0.673. The van der Waals surface area contributed by atoms with Gasteiger partial charge < -0.3 is 34.2 Å². The van der Waals surface area contributed by atoms with Crippen molar-refractivity contribution in [2.24, 2.45) is 0 Å². The molecule has 16 nitrogen and oxygen atoms in total. The minimum Gasteiger partial charge on any atom is -0.463 e. The maximum absolute atomic E-state index is 13.1. The lowest BCUT2D eigenvalue weighted by atomic mass is 10.0. The standard InChI is InChI=1S/C101H170O16P2/c1-4-7-10-13-16-19-22-25-28-31-34-37-40-43-45-46-47-48-50-53-54-57-60-63-66-69-72-75-78-81-84-87-99(104)111-90-96(102)91-113-118(107,108)114-92-97(103)93-115-119(109,110)116-95-98(117-101(106)89-86-83-80-77-74-71-68-65-62-59-56-51-42-39-36-33-30-27-24-21-18-15-12-9-6-3)94-112-100(105)88-85-82-79-76-73-70-67-64-61-58-55-52-49-44-41-38-35-32-29-26-23-20-17-14-11-8-5-2/h7,9-10,12,16-21,25-30,34-39,43-45,49,51,56,62,65,96-98,102-103H,4-6,8,11,13-15,22-24,31-33,40-42,46-48,50,52-55,57-61,63-64,66-95H2,1-3H3,(H,107,108)(H,109,110)/b10-7-,12-9-,19-16-,20-17-,21-18-,28-25-,29-26-,30-27-,37-34-,38-35-,39-36-,45-43-,49-44-,56-51-,65-62-. The average molecular weight is 1700 g/mol. The number of aliphatic hydroxyl groups is 2. The zero-order valence-electron chi connectivity index (χ0n) is 75.0. The highest BCUT2D eigenvalue weighted by Crippen LogP contribution is 2.45. The summed E-state index contributed by atoms with van der Waals surface area (Å²) in [6, 6.07) is 0. The number of phosphoric ester groups is 2. The van der Waals surface area contributed by atoms with Crippen LogP contribution in [-0.4, -0.2) is 95.9 Å². The van der Waals surface area contributed by atoms with Gasteiger partial charge in [0.1, 0.15) is 25.4 Å². The number of phosphoric acid groups is 2. The molecule has 5 atom stereocenters. The molecule has 0 heterocycles. The first-order chi connectivity index (χ1) is 58.2. The van der Waals surface area contributed by atoms with Crippen molar-refractivity contribution in [3.8, 4) is 0 Å². The minimum absolute atomic E-state index is 0.0811. The van der Waals surface area contributed by atoms with E-state index >= 15 is 0 Å². The second-order valence-corrected chi connectivity index (χ2v) is 34.0. The van der Waals surface area contributed by atoms with Crippen LogP contribution in [0.5, 0.6) is 0 Å². The summed E-state index contributed by atoms with van der Waals surface area (Å²) < 4.78 is 61.5. The fourth-order valence-electron chi connectivity index (χ4n) is 12.5. The number of hydrogen-bond donors (Lipinski definition) is 4. The van der Waals surface area contributed by atoms with Gasteiger partial charge in [-0.3, -0.25) is 32.5 Å². The smallest absolute Gasteiger partial charge is 0.463 e. The van der Waals surface area contributed by atoms with Crippen LogP contribution in [0.3, 0.4) is 0 Å². The molecule has 0 aromatic rings. The lowest BCUT2D eigenvalue weighted by Crippen LogP contribution is -2.30. The largest absolute Gasteiger partial charge is 0.472 e. The summed E-state index contributed by atoms with van der Waals surface area (Å²) in [7, 11) is -9.82. The van der Waals surface area contributed by atoms with Gasteiger partial charge in [-0.1, -0.05) is 383 Å². The van der Waals surface area contributed by atoms with Gasteiger partial charge in [-0.15, -0.1) is 0 Å². The molecule has 0 saturated heterocycles. The van der Waals surface area contributed by atoms with Crippen LogP contribution in [0.15, 0.2) is 182 Å². The zero-order valence-corrected chi connectivity index (χ0v) is 76.8. The molecule has 0 fully saturated rings. The van der Waals surface area contributed by atoms with Gasteiger partial charge in [0.2, 0.25) is 0 Å². The minimum atomic E-state index is -4.95. The topological polar surface area (TPSA) is 231 Å². The van der Waals surface area contributed by atoms with Crippen LogP contribution in [0.1, 0.15) is 380 Å². The Morgan fingerprint density at radius 2 is 0.445 bits per heavy atom. The summed E-state index contributed by atoms with van der Waals surface area (Å²) in [6.07, 6.45) is 121. The number of rotatable bonds is 88. The number of ether oxygens (including phenoxy) is 3. The molecule has 4 N–H and O–H groups in total. The molecule has 680 valence electrons. The molecular weight excluding hydrogens is 1530 g/mol. The third-order valence-corrected chi connectivity index (χ3v) is 21.5. The lowest BCUT2D eigenvalue weighted by Gasteiger charge is -2.21. The van der Waals surface area contributed by atoms with E-state index in [2.05, 4.69) is 203 Å². The van der Waals surface area contributed by atoms with Gasteiger partial charge in [-0.2, -0.15) is 0 Å². The van der Waals surface area contributed by atoms with Crippen molar-refractivity contribution in [3.63, 3.8) is 0 Å². The van der Waals surface area contributed by atoms with Gasteiger partial charge in [0.25, 0.3) is 0 Å². The van der Waals surface area contributed by atoms with E-state index < -0.39 is 91.5 Å². The van der Waals surface area contributed by atoms with E-state index in [-0.39, 0.29) is 19.3 Å². The molecule has 0 aliphatic carbocycles. The van der Waals surface area contributed by atoms with Crippen molar-refractivity contribution >= 4 is 33.6 Å². The Kier molecular flexibility index (Phi) is 87.7. The van der Waals surface area contributed by atoms with Crippen molar-refractivity contribution in [3.05, 3.63) is 182 Å². The second kappa shape index (κ2) is 91.8. The number of carbonyl (C=O) groups excluding carboxylic acids is 3. The van der Waals surface area contributed by atoms with E-state index in [1.807, 2.05) is 0 Å². The maximum Gasteiger partial charge on any atom is 0.472 e. The molecule has 0 aliphatic rings. The van der Waals surface area contributed by atoms with Gasteiger partial charge in [0.05, 0.1) is 26.4 Å². The molecule has 0 amide bonds. The monoisotopic (exact) mass is 1700 g/mol. The molecule has 18 heteroatoms. The van der Waals surface area contributed by atoms with E-state index in [0.29, 0.717) is 19.3 Å². The number of esters is 3. The average Bonchev–Trinajstić information content (AvgIpc) is 0.905. The lowest BCUT2D eigenvalue weighted by molar-refractivity contribution is -0.161. The van der Waals surface area contributed by atoms with Crippen LogP contribution < -0.4 is 0 Å². The van der Waals surface area contributed by atoms with E-state index in [1.54, 1.807) is 0 Å². The number of unbranched alkanes of at least 4 members (excludes halogenated alkanes) is 35. The van der Waals surface area contributed by atoms with Crippen LogP contribution in [-0.2, 0) is 55.8 Å². The molecule has 0 radical (unpaired) electrons. The second-order valence-electron chi connectivity index (χ2n) is 31.0. The molecule has 0 saturated carbocycles.